The predicted octanol–water partition coefficient (Wildman–Crippen LogP) is 6.37. The monoisotopic (exact) mass is 548 g/mol. The first-order chi connectivity index (χ1) is 17.6. The number of nitrogens with zero attached hydrogens (tertiary/aromatic N) is 1. The van der Waals surface area contributed by atoms with Gasteiger partial charge in [-0.25, -0.2) is 0 Å². The molecule has 0 heterocycles. The van der Waals surface area contributed by atoms with Crippen LogP contribution < -0.4 is 16.0 Å². The number of aryl methyl sites for hydroxylation is 1. The SMILES string of the molecule is C=O.CNc1ccc(C)cc1/C(=N\C(C)NC(=S)NCc1ccccc1C(F)(F)F)c1ccccc1Cl. The topological polar surface area (TPSA) is 65.5 Å². The summed E-state index contributed by atoms with van der Waals surface area (Å²) in [4.78, 5) is 12.9. The molecule has 5 nitrogen and oxygen atoms in total. The fourth-order valence-electron chi connectivity index (χ4n) is 3.60. The highest BCUT2D eigenvalue weighted by atomic mass is 35.5. The number of halogens is 4. The van der Waals surface area contributed by atoms with E-state index in [1.165, 1.54) is 12.1 Å². The van der Waals surface area contributed by atoms with Crippen LogP contribution in [0.5, 0.6) is 0 Å². The molecule has 37 heavy (non-hydrogen) atoms. The fourth-order valence-corrected chi connectivity index (χ4v) is 4.07. The van der Waals surface area contributed by atoms with Crippen molar-refractivity contribution in [1.82, 2.24) is 10.6 Å². The second-order valence-electron chi connectivity index (χ2n) is 7.91. The Morgan fingerprint density at radius 1 is 1.05 bits per heavy atom. The Hall–Kier alpha value is -3.43. The smallest absolute Gasteiger partial charge is 0.388 e. The number of anilines is 1. The zero-order valence-corrected chi connectivity index (χ0v) is 22.2. The fraction of sp³-hybridized carbons (Fsp3) is 0.222. The number of aliphatic imine (C=N–C) groups is 1. The van der Waals surface area contributed by atoms with Crippen LogP contribution >= 0.6 is 23.8 Å². The van der Waals surface area contributed by atoms with Gasteiger partial charge in [0.1, 0.15) is 13.0 Å². The van der Waals surface area contributed by atoms with Crippen LogP contribution in [0.4, 0.5) is 18.9 Å². The van der Waals surface area contributed by atoms with Gasteiger partial charge in [0.05, 0.1) is 11.3 Å². The normalized spacial score (nSPS) is 12.1. The van der Waals surface area contributed by atoms with Gasteiger partial charge in [-0.05, 0) is 55.9 Å². The van der Waals surface area contributed by atoms with E-state index in [1.807, 2.05) is 64.1 Å². The summed E-state index contributed by atoms with van der Waals surface area (Å²) in [5.41, 5.74) is 3.63. The van der Waals surface area contributed by atoms with E-state index < -0.39 is 17.9 Å². The minimum atomic E-state index is -4.44. The van der Waals surface area contributed by atoms with Crippen molar-refractivity contribution in [2.45, 2.75) is 32.7 Å². The molecule has 0 aliphatic carbocycles. The van der Waals surface area contributed by atoms with E-state index in [0.717, 1.165) is 28.4 Å². The molecule has 196 valence electrons. The van der Waals surface area contributed by atoms with E-state index in [9.17, 15) is 13.2 Å². The molecule has 10 heteroatoms. The third kappa shape index (κ3) is 8.30. The van der Waals surface area contributed by atoms with E-state index in [0.29, 0.717) is 10.7 Å². The molecular formula is C27H28ClF3N4OS. The lowest BCUT2D eigenvalue weighted by Gasteiger charge is -2.19. The summed E-state index contributed by atoms with van der Waals surface area (Å²) in [6.07, 6.45) is -4.93. The molecule has 1 atom stereocenters. The molecule has 3 N–H and O–H groups in total. The molecule has 1 unspecified atom stereocenters. The maximum Gasteiger partial charge on any atom is 0.416 e. The highest BCUT2D eigenvalue weighted by Gasteiger charge is 2.32. The molecule has 0 fully saturated rings. The van der Waals surface area contributed by atoms with E-state index in [2.05, 4.69) is 16.0 Å². The van der Waals surface area contributed by atoms with Crippen molar-refractivity contribution in [2.75, 3.05) is 12.4 Å². The summed E-state index contributed by atoms with van der Waals surface area (Å²) in [7, 11) is 1.83. The highest BCUT2D eigenvalue weighted by molar-refractivity contribution is 7.80. The van der Waals surface area contributed by atoms with Crippen molar-refractivity contribution in [1.29, 1.82) is 0 Å². The third-order valence-corrected chi connectivity index (χ3v) is 5.85. The van der Waals surface area contributed by atoms with E-state index in [-0.39, 0.29) is 17.2 Å². The molecule has 0 saturated carbocycles. The molecule has 0 bridgehead atoms. The van der Waals surface area contributed by atoms with Gasteiger partial charge in [0, 0.05) is 35.4 Å². The molecule has 0 spiro atoms. The maximum absolute atomic E-state index is 13.3. The zero-order valence-electron chi connectivity index (χ0n) is 20.6. The van der Waals surface area contributed by atoms with E-state index in [1.54, 1.807) is 12.1 Å². The Kier molecular flexibility index (Phi) is 11.1. The van der Waals surface area contributed by atoms with Gasteiger partial charge < -0.3 is 20.7 Å². The Morgan fingerprint density at radius 3 is 2.35 bits per heavy atom. The van der Waals surface area contributed by atoms with Crippen LogP contribution in [0, 0.1) is 6.92 Å². The first kappa shape index (κ1) is 29.8. The van der Waals surface area contributed by atoms with Crippen LogP contribution in [0.25, 0.3) is 0 Å². The Labute approximate surface area is 225 Å². The number of carbonyl (C=O) groups is 1. The van der Waals surface area contributed by atoms with Gasteiger partial charge in [-0.1, -0.05) is 59.6 Å². The minimum Gasteiger partial charge on any atom is -0.388 e. The third-order valence-electron chi connectivity index (χ3n) is 5.25. The lowest BCUT2D eigenvalue weighted by atomic mass is 9.98. The first-order valence-corrected chi connectivity index (χ1v) is 12.0. The van der Waals surface area contributed by atoms with Crippen LogP contribution in [0.1, 0.15) is 34.7 Å². The molecule has 0 amide bonds. The van der Waals surface area contributed by atoms with Crippen molar-refractivity contribution in [2.24, 2.45) is 4.99 Å². The van der Waals surface area contributed by atoms with Gasteiger partial charge in [0.15, 0.2) is 5.11 Å². The molecule has 3 aromatic rings. The number of thiocarbonyl (C=S) groups is 1. The second kappa shape index (κ2) is 13.8. The summed E-state index contributed by atoms with van der Waals surface area (Å²) in [6, 6.07) is 18.8. The molecule has 0 aromatic heterocycles. The minimum absolute atomic E-state index is 0.0723. The van der Waals surface area contributed by atoms with Crippen molar-refractivity contribution in [3.63, 3.8) is 0 Å². The predicted molar refractivity (Wildman–Crippen MR) is 148 cm³/mol. The Bertz CT molecular complexity index is 1250. The Balaban J connectivity index is 0.00000235. The number of carbonyl (C=O) groups excluding carboxylic acids is 1. The van der Waals surface area contributed by atoms with Crippen LogP contribution in [0.15, 0.2) is 71.7 Å². The molecule has 0 aliphatic rings. The van der Waals surface area contributed by atoms with Crippen molar-refractivity contribution in [3.05, 3.63) is 99.6 Å². The maximum atomic E-state index is 13.3. The molecule has 0 radical (unpaired) electrons. The van der Waals surface area contributed by atoms with Gasteiger partial charge in [0.25, 0.3) is 0 Å². The molecule has 0 aliphatic heterocycles. The molecule has 0 saturated heterocycles. The van der Waals surface area contributed by atoms with Crippen molar-refractivity contribution in [3.8, 4) is 0 Å². The lowest BCUT2D eigenvalue weighted by molar-refractivity contribution is -0.138. The van der Waals surface area contributed by atoms with Crippen molar-refractivity contribution >= 4 is 47.1 Å². The van der Waals surface area contributed by atoms with Gasteiger partial charge in [-0.2, -0.15) is 13.2 Å². The van der Waals surface area contributed by atoms with Crippen LogP contribution in [-0.2, 0) is 17.5 Å². The van der Waals surface area contributed by atoms with Gasteiger partial charge >= 0.3 is 6.18 Å². The molecule has 3 rings (SSSR count). The van der Waals surface area contributed by atoms with Gasteiger partial charge in [-0.3, -0.25) is 4.99 Å². The van der Waals surface area contributed by atoms with E-state index >= 15 is 0 Å². The standard InChI is InChI=1S/C26H26ClF3N4S.CH2O/c1-16-12-13-23(31-3)20(14-16)24(19-9-5-7-11-22(19)27)33-17(2)34-25(35)32-15-18-8-4-6-10-21(18)26(28,29)30;1-2/h4-14,17,31H,15H2,1-3H3,(H2,32,34,35);1H2/b33-24-;. The van der Waals surface area contributed by atoms with Crippen LogP contribution in [0.3, 0.4) is 0 Å². The van der Waals surface area contributed by atoms with Crippen molar-refractivity contribution < 1.29 is 18.0 Å². The summed E-state index contributed by atoms with van der Waals surface area (Å²) < 4.78 is 39.8. The summed E-state index contributed by atoms with van der Waals surface area (Å²) >= 11 is 11.8. The van der Waals surface area contributed by atoms with E-state index in [4.69, 9.17) is 33.6 Å². The molecule has 3 aromatic carbocycles. The first-order valence-electron chi connectivity index (χ1n) is 11.2. The number of rotatable bonds is 7. The van der Waals surface area contributed by atoms with Crippen LogP contribution in [0.2, 0.25) is 5.02 Å². The highest BCUT2D eigenvalue weighted by Crippen LogP contribution is 2.31. The van der Waals surface area contributed by atoms with Gasteiger partial charge in [0.2, 0.25) is 0 Å². The zero-order chi connectivity index (χ0) is 27.6. The van der Waals surface area contributed by atoms with Gasteiger partial charge in [-0.15, -0.1) is 0 Å². The quantitative estimate of drug-likeness (QED) is 0.236. The Morgan fingerprint density at radius 2 is 1.70 bits per heavy atom. The number of hydrogen-bond donors (Lipinski definition) is 3. The summed E-state index contributed by atoms with van der Waals surface area (Å²) in [5.74, 6) is 0. The molecular weight excluding hydrogens is 521 g/mol. The van der Waals surface area contributed by atoms with Crippen LogP contribution in [-0.4, -0.2) is 30.8 Å². The lowest BCUT2D eigenvalue weighted by Crippen LogP contribution is -2.40. The average Bonchev–Trinajstić information content (AvgIpc) is 2.87. The average molecular weight is 549 g/mol. The number of alkyl halides is 3. The summed E-state index contributed by atoms with van der Waals surface area (Å²) in [6.45, 7) is 5.73. The largest absolute Gasteiger partial charge is 0.416 e. The second-order valence-corrected chi connectivity index (χ2v) is 8.73. The summed E-state index contributed by atoms with van der Waals surface area (Å²) in [5, 5.41) is 9.81. The number of benzene rings is 3. The number of hydrogen-bond acceptors (Lipinski definition) is 4. The number of nitrogens with one attached hydrogen (secondary N) is 3.